The molecule has 0 spiro atoms. The van der Waals surface area contributed by atoms with E-state index in [1.165, 1.54) is 0 Å². The lowest BCUT2D eigenvalue weighted by molar-refractivity contribution is 0.318. The summed E-state index contributed by atoms with van der Waals surface area (Å²) in [5, 5.41) is 15.4. The number of nitrogens with two attached hydrogens (primary N) is 1. The Morgan fingerprint density at radius 2 is 2.30 bits per heavy atom. The average molecular weight is 318 g/mol. The highest BCUT2D eigenvalue weighted by Gasteiger charge is 2.07. The van der Waals surface area contributed by atoms with Crippen LogP contribution < -0.4 is 11.1 Å². The number of hydrogen-bond acceptors (Lipinski definition) is 4. The molecule has 1 aromatic carbocycles. The van der Waals surface area contributed by atoms with Gasteiger partial charge < -0.3 is 16.3 Å². The van der Waals surface area contributed by atoms with Crippen molar-refractivity contribution in [3.8, 4) is 0 Å². The molecule has 0 saturated carbocycles. The number of nitrogens with one attached hydrogen (secondary N) is 1. The van der Waals surface area contributed by atoms with Crippen LogP contribution in [0.4, 0.5) is 0 Å². The number of hydrogen-bond donors (Lipinski definition) is 3. The maximum atomic E-state index is 11.0. The van der Waals surface area contributed by atoms with Crippen LogP contribution in [-0.2, 0) is 17.3 Å². The third-order valence-electron chi connectivity index (χ3n) is 2.94. The van der Waals surface area contributed by atoms with E-state index in [1.807, 2.05) is 13.0 Å². The van der Waals surface area contributed by atoms with Crippen molar-refractivity contribution in [3.63, 3.8) is 0 Å². The van der Waals surface area contributed by atoms with Gasteiger partial charge in [-0.1, -0.05) is 28.9 Å². The number of benzene rings is 1. The summed E-state index contributed by atoms with van der Waals surface area (Å²) < 4.78 is 11.0. The minimum absolute atomic E-state index is 0.0326. The molecule has 1 rings (SSSR count). The van der Waals surface area contributed by atoms with Crippen LogP contribution in [0.25, 0.3) is 0 Å². The predicted octanol–water partition coefficient (Wildman–Crippen LogP) is 1.68. The Morgan fingerprint density at radius 3 is 2.85 bits per heavy atom. The number of amidine groups is 1. The largest absolute Gasteiger partial charge is 0.409 e. The molecule has 0 heterocycles. The fourth-order valence-electron chi connectivity index (χ4n) is 1.64. The Morgan fingerprint density at radius 1 is 1.60 bits per heavy atom. The van der Waals surface area contributed by atoms with Crippen LogP contribution in [0.5, 0.6) is 0 Å². The third kappa shape index (κ3) is 5.48. The molecule has 0 bridgehead atoms. The van der Waals surface area contributed by atoms with Crippen molar-refractivity contribution in [2.75, 3.05) is 12.0 Å². The summed E-state index contributed by atoms with van der Waals surface area (Å²) in [4.78, 5) is 0. The van der Waals surface area contributed by atoms with Gasteiger partial charge in [-0.25, -0.2) is 0 Å². The first kappa shape index (κ1) is 16.9. The van der Waals surface area contributed by atoms with Gasteiger partial charge in [0, 0.05) is 46.0 Å². The Labute approximate surface area is 126 Å². The standard InChI is InChI=1S/C13H20ClN3O2S/c1-9(5-6-20(2)19)16-8-11-4-3-10(7-12(11)14)13(15)17-18/h3-4,7,9,16,18H,5-6,8H2,1-2H3,(H2,15,17). The van der Waals surface area contributed by atoms with Crippen LogP contribution in [0.15, 0.2) is 23.4 Å². The van der Waals surface area contributed by atoms with Gasteiger partial charge >= 0.3 is 0 Å². The first-order valence-corrected chi connectivity index (χ1v) is 8.34. The minimum Gasteiger partial charge on any atom is -0.409 e. The highest BCUT2D eigenvalue weighted by atomic mass is 35.5. The van der Waals surface area contributed by atoms with Gasteiger partial charge in [-0.05, 0) is 25.0 Å². The molecule has 5 nitrogen and oxygen atoms in total. The fourth-order valence-corrected chi connectivity index (χ4v) is 2.57. The molecule has 0 aliphatic carbocycles. The fraction of sp³-hybridized carbons (Fsp3) is 0.462. The summed E-state index contributed by atoms with van der Waals surface area (Å²) in [6.07, 6.45) is 2.55. The lowest BCUT2D eigenvalue weighted by atomic mass is 10.1. The van der Waals surface area contributed by atoms with Crippen molar-refractivity contribution in [1.29, 1.82) is 0 Å². The molecule has 7 heteroatoms. The van der Waals surface area contributed by atoms with Crippen molar-refractivity contribution in [2.45, 2.75) is 25.9 Å². The van der Waals surface area contributed by atoms with Crippen LogP contribution in [0.3, 0.4) is 0 Å². The van der Waals surface area contributed by atoms with Crippen molar-refractivity contribution in [3.05, 3.63) is 34.3 Å². The zero-order chi connectivity index (χ0) is 15.1. The zero-order valence-electron chi connectivity index (χ0n) is 11.6. The molecule has 4 N–H and O–H groups in total. The predicted molar refractivity (Wildman–Crippen MR) is 83.8 cm³/mol. The second-order valence-electron chi connectivity index (χ2n) is 4.64. The summed E-state index contributed by atoms with van der Waals surface area (Å²) in [5.74, 6) is 0.717. The molecule has 0 aliphatic rings. The SMILES string of the molecule is CC(CCS(C)=O)NCc1ccc(/C(N)=N/O)cc1Cl. The van der Waals surface area contributed by atoms with Crippen LogP contribution >= 0.6 is 11.6 Å². The average Bonchev–Trinajstić information content (AvgIpc) is 2.42. The first-order valence-electron chi connectivity index (χ1n) is 6.23. The van der Waals surface area contributed by atoms with Gasteiger partial charge in [-0.2, -0.15) is 0 Å². The Balaban J connectivity index is 2.58. The van der Waals surface area contributed by atoms with E-state index < -0.39 is 10.8 Å². The first-order chi connectivity index (χ1) is 9.43. The molecule has 2 unspecified atom stereocenters. The molecule has 112 valence electrons. The number of nitrogens with zero attached hydrogens (tertiary/aromatic N) is 1. The quantitative estimate of drug-likeness (QED) is 0.309. The second-order valence-corrected chi connectivity index (χ2v) is 6.60. The van der Waals surface area contributed by atoms with Crippen LogP contribution in [0.1, 0.15) is 24.5 Å². The third-order valence-corrected chi connectivity index (χ3v) is 4.10. The molecule has 0 amide bonds. The highest BCUT2D eigenvalue weighted by molar-refractivity contribution is 7.84. The molecule has 0 saturated heterocycles. The monoisotopic (exact) mass is 317 g/mol. The van der Waals surface area contributed by atoms with E-state index in [4.69, 9.17) is 22.5 Å². The van der Waals surface area contributed by atoms with E-state index in [-0.39, 0.29) is 11.9 Å². The maximum absolute atomic E-state index is 11.0. The van der Waals surface area contributed by atoms with E-state index in [2.05, 4.69) is 10.5 Å². The summed E-state index contributed by atoms with van der Waals surface area (Å²) in [5.41, 5.74) is 7.02. The van der Waals surface area contributed by atoms with Crippen molar-refractivity contribution >= 4 is 28.2 Å². The lowest BCUT2D eigenvalue weighted by Gasteiger charge is -2.14. The van der Waals surface area contributed by atoms with Crippen LogP contribution in [0.2, 0.25) is 5.02 Å². The number of rotatable bonds is 7. The Bertz CT molecular complexity index is 508. The van der Waals surface area contributed by atoms with Gasteiger partial charge in [-0.15, -0.1) is 0 Å². The molecular formula is C13H20ClN3O2S. The van der Waals surface area contributed by atoms with Gasteiger partial charge in [0.2, 0.25) is 0 Å². The molecule has 0 radical (unpaired) electrons. The van der Waals surface area contributed by atoms with Gasteiger partial charge in [-0.3, -0.25) is 4.21 Å². The van der Waals surface area contributed by atoms with E-state index in [1.54, 1.807) is 18.4 Å². The maximum Gasteiger partial charge on any atom is 0.170 e. The van der Waals surface area contributed by atoms with E-state index in [9.17, 15) is 4.21 Å². The van der Waals surface area contributed by atoms with Gasteiger partial charge in [0.05, 0.1) is 0 Å². The van der Waals surface area contributed by atoms with Crippen molar-refractivity contribution < 1.29 is 9.42 Å². The number of oxime groups is 1. The molecule has 0 aliphatic heterocycles. The summed E-state index contributed by atoms with van der Waals surface area (Å²) in [6, 6.07) is 5.52. The lowest BCUT2D eigenvalue weighted by Crippen LogP contribution is -2.27. The van der Waals surface area contributed by atoms with Crippen LogP contribution in [0, 0.1) is 0 Å². The Hall–Kier alpha value is -1.11. The van der Waals surface area contributed by atoms with E-state index in [0.717, 1.165) is 12.0 Å². The molecule has 0 fully saturated rings. The zero-order valence-corrected chi connectivity index (χ0v) is 13.2. The molecule has 1 aromatic rings. The van der Waals surface area contributed by atoms with E-state index >= 15 is 0 Å². The normalized spacial score (nSPS) is 15.1. The smallest absolute Gasteiger partial charge is 0.170 e. The molecule has 2 atom stereocenters. The minimum atomic E-state index is -0.765. The highest BCUT2D eigenvalue weighted by Crippen LogP contribution is 2.18. The van der Waals surface area contributed by atoms with E-state index in [0.29, 0.717) is 22.9 Å². The topological polar surface area (TPSA) is 87.7 Å². The summed E-state index contributed by atoms with van der Waals surface area (Å²) >= 11 is 6.16. The molecular weight excluding hydrogens is 298 g/mol. The number of halogens is 1. The van der Waals surface area contributed by atoms with Crippen LogP contribution in [-0.4, -0.2) is 33.3 Å². The molecule has 20 heavy (non-hydrogen) atoms. The molecule has 0 aromatic heterocycles. The van der Waals surface area contributed by atoms with Gasteiger partial charge in [0.1, 0.15) is 0 Å². The summed E-state index contributed by atoms with van der Waals surface area (Å²) in [6.45, 7) is 2.67. The Kier molecular flexibility index (Phi) is 6.98. The second kappa shape index (κ2) is 8.24. The van der Waals surface area contributed by atoms with Gasteiger partial charge in [0.25, 0.3) is 0 Å². The van der Waals surface area contributed by atoms with Crippen molar-refractivity contribution in [1.82, 2.24) is 5.32 Å². The summed E-state index contributed by atoms with van der Waals surface area (Å²) in [7, 11) is -0.765. The van der Waals surface area contributed by atoms with Crippen molar-refractivity contribution in [2.24, 2.45) is 10.9 Å². The van der Waals surface area contributed by atoms with Gasteiger partial charge in [0.15, 0.2) is 5.84 Å².